The maximum Gasteiger partial charge on any atom is 0.0792 e. The first-order chi connectivity index (χ1) is 5.63. The van der Waals surface area contributed by atoms with Crippen LogP contribution in [0.3, 0.4) is 0 Å². The van der Waals surface area contributed by atoms with Crippen LogP contribution < -0.4 is 0 Å². The topological polar surface area (TPSA) is 12.4 Å². The Kier molecular flexibility index (Phi) is 4.37. The van der Waals surface area contributed by atoms with Gasteiger partial charge < -0.3 is 0 Å². The highest BCUT2D eigenvalue weighted by molar-refractivity contribution is 8.15. The molecule has 0 aliphatic rings. The molecule has 2 heteroatoms. The Morgan fingerprint density at radius 1 is 1.15 bits per heavy atom. The SMILES string of the molecule is C=S(C/N=C\C(C)(C)C)C(C)(C)C. The summed E-state index contributed by atoms with van der Waals surface area (Å²) in [6.07, 6.45) is 2.03. The van der Waals surface area contributed by atoms with Gasteiger partial charge in [0.2, 0.25) is 0 Å². The molecule has 1 atom stereocenters. The number of nitrogens with zero attached hydrogens (tertiary/aromatic N) is 1. The lowest BCUT2D eigenvalue weighted by molar-refractivity contribution is 0.606. The van der Waals surface area contributed by atoms with E-state index in [1.54, 1.807) is 0 Å². The summed E-state index contributed by atoms with van der Waals surface area (Å²) >= 11 is 0. The van der Waals surface area contributed by atoms with E-state index in [9.17, 15) is 0 Å². The zero-order valence-corrected chi connectivity index (χ0v) is 10.7. The summed E-state index contributed by atoms with van der Waals surface area (Å²) in [6.45, 7) is 13.1. The predicted octanol–water partition coefficient (Wildman–Crippen LogP) is 3.56. The Hall–Kier alpha value is -0.110. The Labute approximate surface area is 85.6 Å². The summed E-state index contributed by atoms with van der Waals surface area (Å²) in [7, 11) is 0.130. The first-order valence-corrected chi connectivity index (χ1v) is 6.21. The minimum absolute atomic E-state index is 0.130. The smallest absolute Gasteiger partial charge is 0.0792 e. The third kappa shape index (κ3) is 7.00. The molecule has 78 valence electrons. The lowest BCUT2D eigenvalue weighted by atomic mass is 9.99. The molecule has 0 N–H and O–H groups in total. The third-order valence-corrected chi connectivity index (χ3v) is 3.77. The van der Waals surface area contributed by atoms with Crippen LogP contribution in [0.1, 0.15) is 41.5 Å². The molecule has 1 unspecified atom stereocenters. The molecule has 0 bridgehead atoms. The Bertz CT molecular complexity index is 203. The number of aliphatic imine (C=N–C) groups is 1. The zero-order chi connectivity index (χ0) is 10.7. The molecule has 13 heavy (non-hydrogen) atoms. The van der Waals surface area contributed by atoms with Gasteiger partial charge in [-0.15, -0.1) is 0 Å². The van der Waals surface area contributed by atoms with Gasteiger partial charge in [0.15, 0.2) is 0 Å². The van der Waals surface area contributed by atoms with Crippen LogP contribution in [0.25, 0.3) is 0 Å². The maximum absolute atomic E-state index is 4.43. The molecule has 0 saturated heterocycles. The number of rotatable bonds is 2. The molecule has 0 aromatic heterocycles. The van der Waals surface area contributed by atoms with Gasteiger partial charge in [-0.05, 0) is 5.41 Å². The van der Waals surface area contributed by atoms with Gasteiger partial charge in [0.1, 0.15) is 0 Å². The van der Waals surface area contributed by atoms with Crippen molar-refractivity contribution in [2.75, 3.05) is 5.88 Å². The molecule has 0 radical (unpaired) electrons. The predicted molar refractivity (Wildman–Crippen MR) is 67.3 cm³/mol. The van der Waals surface area contributed by atoms with Crippen LogP contribution in [0.15, 0.2) is 4.99 Å². The van der Waals surface area contributed by atoms with Crippen molar-refractivity contribution in [3.63, 3.8) is 0 Å². The van der Waals surface area contributed by atoms with E-state index in [2.05, 4.69) is 52.4 Å². The first kappa shape index (κ1) is 12.9. The second kappa shape index (κ2) is 4.41. The molecule has 0 amide bonds. The van der Waals surface area contributed by atoms with Crippen molar-refractivity contribution >= 4 is 22.6 Å². The molecule has 1 nitrogen and oxygen atoms in total. The Morgan fingerprint density at radius 3 is 1.92 bits per heavy atom. The number of hydrogen-bond acceptors (Lipinski definition) is 1. The third-order valence-electron chi connectivity index (χ3n) is 1.57. The van der Waals surface area contributed by atoms with Crippen molar-refractivity contribution in [2.24, 2.45) is 10.4 Å². The number of hydrogen-bond donors (Lipinski definition) is 0. The Morgan fingerprint density at radius 2 is 1.62 bits per heavy atom. The van der Waals surface area contributed by atoms with Crippen molar-refractivity contribution in [1.82, 2.24) is 0 Å². The van der Waals surface area contributed by atoms with Crippen molar-refractivity contribution < 1.29 is 0 Å². The van der Waals surface area contributed by atoms with Gasteiger partial charge in [0, 0.05) is 11.0 Å². The van der Waals surface area contributed by atoms with Crippen LogP contribution in [0.2, 0.25) is 0 Å². The van der Waals surface area contributed by atoms with Gasteiger partial charge in [-0.1, -0.05) is 47.4 Å². The van der Waals surface area contributed by atoms with E-state index in [4.69, 9.17) is 0 Å². The van der Waals surface area contributed by atoms with Crippen molar-refractivity contribution in [3.8, 4) is 0 Å². The molecule has 0 heterocycles. The van der Waals surface area contributed by atoms with Crippen LogP contribution in [0.5, 0.6) is 0 Å². The van der Waals surface area contributed by atoms with E-state index in [-0.39, 0.29) is 20.6 Å². The van der Waals surface area contributed by atoms with Crippen LogP contribution >= 0.6 is 10.5 Å². The fourth-order valence-electron chi connectivity index (χ4n) is 0.595. The van der Waals surface area contributed by atoms with Crippen molar-refractivity contribution in [1.29, 1.82) is 0 Å². The van der Waals surface area contributed by atoms with Crippen LogP contribution in [0, 0.1) is 5.41 Å². The monoisotopic (exact) mass is 201 g/mol. The normalized spacial score (nSPS) is 16.5. The summed E-state index contributed by atoms with van der Waals surface area (Å²) in [5.41, 5.74) is 0.197. The van der Waals surface area contributed by atoms with E-state index >= 15 is 0 Å². The summed E-state index contributed by atoms with van der Waals surface area (Å²) in [6, 6.07) is 0. The quantitative estimate of drug-likeness (QED) is 0.478. The average Bonchev–Trinajstić information content (AvgIpc) is 1.82. The summed E-state index contributed by atoms with van der Waals surface area (Å²) < 4.78 is 0.287. The van der Waals surface area contributed by atoms with Gasteiger partial charge in [-0.2, -0.15) is 10.5 Å². The second-order valence-corrected chi connectivity index (χ2v) is 7.88. The van der Waals surface area contributed by atoms with E-state index < -0.39 is 0 Å². The fraction of sp³-hybridized carbons (Fsp3) is 0.818. The van der Waals surface area contributed by atoms with Crippen LogP contribution in [-0.2, 0) is 0 Å². The van der Waals surface area contributed by atoms with Gasteiger partial charge in [0.25, 0.3) is 0 Å². The van der Waals surface area contributed by atoms with Gasteiger partial charge >= 0.3 is 0 Å². The van der Waals surface area contributed by atoms with E-state index in [0.717, 1.165) is 5.88 Å². The summed E-state index contributed by atoms with van der Waals surface area (Å²) in [5.74, 6) is 5.00. The van der Waals surface area contributed by atoms with E-state index in [1.807, 2.05) is 6.21 Å². The molecular formula is C11H23NS. The van der Waals surface area contributed by atoms with Crippen LogP contribution in [0.4, 0.5) is 0 Å². The van der Waals surface area contributed by atoms with E-state index in [1.165, 1.54) is 0 Å². The molecule has 0 aliphatic heterocycles. The van der Waals surface area contributed by atoms with Crippen molar-refractivity contribution in [3.05, 3.63) is 0 Å². The van der Waals surface area contributed by atoms with E-state index in [0.29, 0.717) is 0 Å². The fourth-order valence-corrected chi connectivity index (χ4v) is 1.24. The minimum Gasteiger partial charge on any atom is -0.287 e. The molecule has 0 rings (SSSR count). The largest absolute Gasteiger partial charge is 0.287 e. The lowest BCUT2D eigenvalue weighted by Gasteiger charge is -2.22. The first-order valence-electron chi connectivity index (χ1n) is 4.64. The second-order valence-electron chi connectivity index (χ2n) is 5.41. The standard InChI is InChI=1S/C11H23NS/c1-10(2,3)8-12-9-13(7)11(4,5)6/h8H,7,9H2,1-6H3/b12-8-. The van der Waals surface area contributed by atoms with Gasteiger partial charge in [-0.3, -0.25) is 4.99 Å². The zero-order valence-electron chi connectivity index (χ0n) is 9.85. The summed E-state index contributed by atoms with van der Waals surface area (Å²) in [5, 5.41) is 0. The van der Waals surface area contributed by atoms with Crippen LogP contribution in [-0.4, -0.2) is 22.7 Å². The molecule has 0 aromatic rings. The lowest BCUT2D eigenvalue weighted by Crippen LogP contribution is -2.12. The minimum atomic E-state index is 0.130. The van der Waals surface area contributed by atoms with Crippen molar-refractivity contribution in [2.45, 2.75) is 46.3 Å². The molecular weight excluding hydrogens is 178 g/mol. The highest BCUT2D eigenvalue weighted by Crippen LogP contribution is 2.29. The van der Waals surface area contributed by atoms with Gasteiger partial charge in [0.05, 0.1) is 5.88 Å². The Balaban J connectivity index is 4.06. The molecule has 0 saturated carbocycles. The maximum atomic E-state index is 4.43. The molecule has 0 aromatic carbocycles. The summed E-state index contributed by atoms with van der Waals surface area (Å²) in [4.78, 5) is 4.43. The molecule has 0 spiro atoms. The highest BCUT2D eigenvalue weighted by Gasteiger charge is 2.12. The molecule has 0 fully saturated rings. The molecule has 0 aliphatic carbocycles. The highest BCUT2D eigenvalue weighted by atomic mass is 32.2. The average molecular weight is 201 g/mol. The van der Waals surface area contributed by atoms with Gasteiger partial charge in [-0.25, -0.2) is 0 Å².